The molecule has 2 aromatic carbocycles. The summed E-state index contributed by atoms with van der Waals surface area (Å²) in [6.45, 7) is 1.21. The first-order valence-corrected chi connectivity index (χ1v) is 11.9. The van der Waals surface area contributed by atoms with Crippen molar-refractivity contribution in [2.75, 3.05) is 33.3 Å². The molecule has 0 spiro atoms. The molecule has 2 amide bonds. The van der Waals surface area contributed by atoms with Crippen molar-refractivity contribution in [2.45, 2.75) is 23.8 Å². The Balaban J connectivity index is 1.47. The Hall–Kier alpha value is -3.11. The second kappa shape index (κ2) is 8.79. The monoisotopic (exact) mass is 459 g/mol. The normalized spacial score (nSPS) is 16.7. The second-order valence-electron chi connectivity index (χ2n) is 7.86. The van der Waals surface area contributed by atoms with Crippen molar-refractivity contribution < 1.29 is 27.9 Å². The molecule has 9 nitrogen and oxygen atoms in total. The number of aromatic hydroxyl groups is 1. The largest absolute Gasteiger partial charge is 0.507 e. The van der Waals surface area contributed by atoms with E-state index in [4.69, 9.17) is 4.74 Å². The summed E-state index contributed by atoms with van der Waals surface area (Å²) in [4.78, 5) is 28.8. The zero-order valence-electron chi connectivity index (χ0n) is 17.7. The van der Waals surface area contributed by atoms with Gasteiger partial charge >= 0.3 is 0 Å². The molecule has 2 N–H and O–H groups in total. The van der Waals surface area contributed by atoms with Gasteiger partial charge in [0.2, 0.25) is 10.0 Å². The van der Waals surface area contributed by atoms with Gasteiger partial charge < -0.3 is 19.6 Å². The van der Waals surface area contributed by atoms with Gasteiger partial charge in [0.1, 0.15) is 16.4 Å². The second-order valence-corrected chi connectivity index (χ2v) is 9.55. The highest BCUT2D eigenvalue weighted by Crippen LogP contribution is 2.29. The fraction of sp³-hybridized carbons (Fsp3) is 0.364. The van der Waals surface area contributed by atoms with Gasteiger partial charge in [0.25, 0.3) is 11.8 Å². The average molecular weight is 460 g/mol. The lowest BCUT2D eigenvalue weighted by Gasteiger charge is -2.35. The number of phenolic OH excluding ortho intramolecular Hbond substituents is 1. The van der Waals surface area contributed by atoms with E-state index in [-0.39, 0.29) is 45.4 Å². The van der Waals surface area contributed by atoms with E-state index in [1.807, 2.05) is 0 Å². The molecule has 0 radical (unpaired) electrons. The van der Waals surface area contributed by atoms with Crippen LogP contribution in [0.2, 0.25) is 0 Å². The number of ether oxygens (including phenoxy) is 1. The van der Waals surface area contributed by atoms with Crippen molar-refractivity contribution in [3.8, 4) is 11.5 Å². The summed E-state index contributed by atoms with van der Waals surface area (Å²) < 4.78 is 33.2. The number of sulfonamides is 1. The molecule has 0 aromatic heterocycles. The molecular formula is C22H25N3O6S. The van der Waals surface area contributed by atoms with Gasteiger partial charge in [0, 0.05) is 37.8 Å². The third-order valence-corrected chi connectivity index (χ3v) is 7.13. The number of piperazine rings is 1. The van der Waals surface area contributed by atoms with Gasteiger partial charge in [0.05, 0.1) is 12.7 Å². The third-order valence-electron chi connectivity index (χ3n) is 5.59. The van der Waals surface area contributed by atoms with Crippen LogP contribution in [0.5, 0.6) is 11.5 Å². The van der Waals surface area contributed by atoms with Crippen LogP contribution in [-0.4, -0.2) is 74.5 Å². The van der Waals surface area contributed by atoms with Crippen LogP contribution >= 0.6 is 0 Å². The number of nitrogens with one attached hydrogen (secondary N) is 1. The number of benzene rings is 2. The minimum atomic E-state index is -3.80. The number of phenols is 1. The highest BCUT2D eigenvalue weighted by molar-refractivity contribution is 7.89. The Morgan fingerprint density at radius 1 is 1.00 bits per heavy atom. The molecule has 0 atom stereocenters. The smallest absolute Gasteiger partial charge is 0.257 e. The zero-order valence-corrected chi connectivity index (χ0v) is 18.5. The van der Waals surface area contributed by atoms with Gasteiger partial charge in [-0.3, -0.25) is 9.59 Å². The highest BCUT2D eigenvalue weighted by Gasteiger charge is 2.31. The minimum Gasteiger partial charge on any atom is -0.507 e. The molecule has 1 saturated carbocycles. The lowest BCUT2D eigenvalue weighted by molar-refractivity contribution is 0.0533. The van der Waals surface area contributed by atoms with Crippen LogP contribution in [0.3, 0.4) is 0 Å². The number of carbonyl (C=O) groups is 2. The van der Waals surface area contributed by atoms with Crippen LogP contribution in [0, 0.1) is 0 Å². The Labute approximate surface area is 186 Å². The molecule has 2 aromatic rings. The van der Waals surface area contributed by atoms with Gasteiger partial charge in [-0.15, -0.1) is 0 Å². The summed E-state index contributed by atoms with van der Waals surface area (Å²) in [5.74, 6) is -0.514. The quantitative estimate of drug-likeness (QED) is 0.675. The van der Waals surface area contributed by atoms with Crippen LogP contribution in [0.25, 0.3) is 0 Å². The molecule has 2 fully saturated rings. The fourth-order valence-electron chi connectivity index (χ4n) is 3.62. The van der Waals surface area contributed by atoms with Gasteiger partial charge in [-0.2, -0.15) is 0 Å². The number of methoxy groups -OCH3 is 1. The first-order chi connectivity index (χ1) is 15.3. The highest BCUT2D eigenvalue weighted by atomic mass is 32.2. The fourth-order valence-corrected chi connectivity index (χ4v) is 5.12. The van der Waals surface area contributed by atoms with Gasteiger partial charge in [-0.1, -0.05) is 12.1 Å². The van der Waals surface area contributed by atoms with E-state index in [0.717, 1.165) is 12.8 Å². The zero-order chi connectivity index (χ0) is 22.9. The van der Waals surface area contributed by atoms with Crippen molar-refractivity contribution >= 4 is 21.8 Å². The number of rotatable bonds is 6. The molecule has 1 aliphatic carbocycles. The van der Waals surface area contributed by atoms with E-state index in [1.54, 1.807) is 28.0 Å². The molecule has 4 rings (SSSR count). The molecule has 0 bridgehead atoms. The Morgan fingerprint density at radius 3 is 2.22 bits per heavy atom. The summed E-state index contributed by atoms with van der Waals surface area (Å²) in [6, 6.07) is 10.6. The predicted octanol–water partition coefficient (Wildman–Crippen LogP) is 1.44. The molecular weight excluding hydrogens is 434 g/mol. The topological polar surface area (TPSA) is 116 Å². The van der Waals surface area contributed by atoms with E-state index < -0.39 is 10.0 Å². The van der Waals surface area contributed by atoms with Gasteiger partial charge in [-0.05, 0) is 43.2 Å². The van der Waals surface area contributed by atoms with Crippen molar-refractivity contribution in [1.82, 2.24) is 14.5 Å². The number of hydrogen-bond donors (Lipinski definition) is 2. The predicted molar refractivity (Wildman–Crippen MR) is 116 cm³/mol. The van der Waals surface area contributed by atoms with Crippen molar-refractivity contribution in [1.29, 1.82) is 0 Å². The van der Waals surface area contributed by atoms with E-state index in [0.29, 0.717) is 26.2 Å². The number of hydrogen-bond acceptors (Lipinski definition) is 6. The molecule has 1 heterocycles. The standard InChI is InChI=1S/C22H25N3O6S/c1-31-19-9-6-15(14-20(19)32(29,30)23-16-7-8-16)21(27)24-10-12-25(13-11-24)22(28)17-4-2-3-5-18(17)26/h2-6,9,14,16,23,26H,7-8,10-13H2,1H3. The van der Waals surface area contributed by atoms with Crippen LogP contribution in [0.15, 0.2) is 47.4 Å². The van der Waals surface area contributed by atoms with Gasteiger partial charge in [-0.25, -0.2) is 13.1 Å². The molecule has 170 valence electrons. The minimum absolute atomic E-state index is 0.0638. The molecule has 1 aliphatic heterocycles. The lowest BCUT2D eigenvalue weighted by Crippen LogP contribution is -2.50. The molecule has 2 aliphatic rings. The lowest BCUT2D eigenvalue weighted by atomic mass is 10.1. The summed E-state index contributed by atoms with van der Waals surface area (Å²) in [6.07, 6.45) is 1.59. The van der Waals surface area contributed by atoms with Crippen LogP contribution in [-0.2, 0) is 10.0 Å². The number of nitrogens with zero attached hydrogens (tertiary/aromatic N) is 2. The summed E-state index contributed by atoms with van der Waals surface area (Å²) in [7, 11) is -2.42. The summed E-state index contributed by atoms with van der Waals surface area (Å²) in [5, 5.41) is 9.92. The van der Waals surface area contributed by atoms with E-state index >= 15 is 0 Å². The Morgan fingerprint density at radius 2 is 1.62 bits per heavy atom. The maximum absolute atomic E-state index is 13.0. The Bertz CT molecular complexity index is 1140. The first kappa shape index (κ1) is 22.1. The van der Waals surface area contributed by atoms with Crippen LogP contribution < -0.4 is 9.46 Å². The van der Waals surface area contributed by atoms with Gasteiger partial charge in [0.15, 0.2) is 0 Å². The van der Waals surface area contributed by atoms with Crippen LogP contribution in [0.1, 0.15) is 33.6 Å². The molecule has 1 saturated heterocycles. The molecule has 32 heavy (non-hydrogen) atoms. The van der Waals surface area contributed by atoms with Crippen molar-refractivity contribution in [3.05, 3.63) is 53.6 Å². The van der Waals surface area contributed by atoms with E-state index in [9.17, 15) is 23.1 Å². The Kier molecular flexibility index (Phi) is 6.07. The van der Waals surface area contributed by atoms with E-state index in [1.165, 1.54) is 31.4 Å². The SMILES string of the molecule is COc1ccc(C(=O)N2CCN(C(=O)c3ccccc3O)CC2)cc1S(=O)(=O)NC1CC1. The van der Waals surface area contributed by atoms with Crippen molar-refractivity contribution in [2.24, 2.45) is 0 Å². The third kappa shape index (κ3) is 4.56. The first-order valence-electron chi connectivity index (χ1n) is 10.4. The number of para-hydroxylation sites is 1. The number of amides is 2. The summed E-state index contributed by atoms with van der Waals surface area (Å²) >= 11 is 0. The maximum atomic E-state index is 13.0. The molecule has 0 unspecified atom stereocenters. The number of carbonyl (C=O) groups excluding carboxylic acids is 2. The average Bonchev–Trinajstić information content (AvgIpc) is 3.61. The van der Waals surface area contributed by atoms with Crippen LogP contribution in [0.4, 0.5) is 0 Å². The summed E-state index contributed by atoms with van der Waals surface area (Å²) in [5.41, 5.74) is 0.461. The molecule has 10 heteroatoms. The van der Waals surface area contributed by atoms with Crippen molar-refractivity contribution in [3.63, 3.8) is 0 Å². The maximum Gasteiger partial charge on any atom is 0.257 e. The van der Waals surface area contributed by atoms with E-state index in [2.05, 4.69) is 4.72 Å².